The van der Waals surface area contributed by atoms with E-state index in [2.05, 4.69) is 24.4 Å². The largest absolute Gasteiger partial charge is 0.395 e. The molecule has 1 rings (SSSR count). The molecule has 0 amide bonds. The lowest BCUT2D eigenvalue weighted by atomic mass is 10.2. The summed E-state index contributed by atoms with van der Waals surface area (Å²) >= 11 is 1.92. The molecule has 0 aliphatic carbocycles. The van der Waals surface area contributed by atoms with Crippen molar-refractivity contribution in [3.8, 4) is 0 Å². The Bertz CT molecular complexity index is 266. The molecule has 0 bridgehead atoms. The normalized spacial score (nSPS) is 12.6. The SMILES string of the molecule is CCSCCC(CO)NCc1ccccc1. The molecule has 0 aliphatic heterocycles. The van der Waals surface area contributed by atoms with E-state index < -0.39 is 0 Å². The topological polar surface area (TPSA) is 32.3 Å². The Morgan fingerprint density at radius 1 is 1.31 bits per heavy atom. The van der Waals surface area contributed by atoms with Crippen LogP contribution in [0.25, 0.3) is 0 Å². The Labute approximate surface area is 102 Å². The van der Waals surface area contributed by atoms with Crippen molar-refractivity contribution in [3.05, 3.63) is 35.9 Å². The minimum absolute atomic E-state index is 0.219. The minimum Gasteiger partial charge on any atom is -0.395 e. The Balaban J connectivity index is 2.23. The summed E-state index contributed by atoms with van der Waals surface area (Å²) in [5, 5.41) is 12.6. The fourth-order valence-electron chi connectivity index (χ4n) is 1.49. The van der Waals surface area contributed by atoms with Gasteiger partial charge in [0.2, 0.25) is 0 Å². The van der Waals surface area contributed by atoms with E-state index in [4.69, 9.17) is 0 Å². The molecule has 1 unspecified atom stereocenters. The number of rotatable bonds is 8. The average Bonchev–Trinajstić information content (AvgIpc) is 2.35. The van der Waals surface area contributed by atoms with Crippen LogP contribution in [-0.2, 0) is 6.54 Å². The lowest BCUT2D eigenvalue weighted by Gasteiger charge is -2.15. The number of hydrogen-bond acceptors (Lipinski definition) is 3. The molecule has 1 aromatic carbocycles. The monoisotopic (exact) mass is 239 g/mol. The van der Waals surface area contributed by atoms with E-state index in [1.54, 1.807) is 0 Å². The summed E-state index contributed by atoms with van der Waals surface area (Å²) in [4.78, 5) is 0. The Hall–Kier alpha value is -0.510. The van der Waals surface area contributed by atoms with Crippen LogP contribution in [0.15, 0.2) is 30.3 Å². The number of benzene rings is 1. The van der Waals surface area contributed by atoms with Gasteiger partial charge in [-0.25, -0.2) is 0 Å². The zero-order valence-corrected chi connectivity index (χ0v) is 10.7. The summed E-state index contributed by atoms with van der Waals surface area (Å²) in [6.07, 6.45) is 1.03. The molecule has 1 atom stereocenters. The first-order valence-electron chi connectivity index (χ1n) is 5.82. The van der Waals surface area contributed by atoms with Crippen LogP contribution in [0, 0.1) is 0 Å². The summed E-state index contributed by atoms with van der Waals surface area (Å²) in [7, 11) is 0. The van der Waals surface area contributed by atoms with Gasteiger partial charge in [-0.3, -0.25) is 0 Å². The highest BCUT2D eigenvalue weighted by Crippen LogP contribution is 2.05. The quantitative estimate of drug-likeness (QED) is 0.683. The predicted octanol–water partition coefficient (Wildman–Crippen LogP) is 2.28. The van der Waals surface area contributed by atoms with E-state index in [9.17, 15) is 5.11 Å². The predicted molar refractivity (Wildman–Crippen MR) is 71.8 cm³/mol. The summed E-state index contributed by atoms with van der Waals surface area (Å²) in [6, 6.07) is 10.5. The zero-order valence-electron chi connectivity index (χ0n) is 9.86. The van der Waals surface area contributed by atoms with Crippen molar-refractivity contribution in [2.75, 3.05) is 18.1 Å². The minimum atomic E-state index is 0.219. The van der Waals surface area contributed by atoms with Crippen molar-refractivity contribution >= 4 is 11.8 Å². The van der Waals surface area contributed by atoms with Gasteiger partial charge in [0.1, 0.15) is 0 Å². The van der Waals surface area contributed by atoms with Crippen molar-refractivity contribution in [2.45, 2.75) is 25.9 Å². The van der Waals surface area contributed by atoms with E-state index >= 15 is 0 Å². The Morgan fingerprint density at radius 2 is 2.06 bits per heavy atom. The van der Waals surface area contributed by atoms with Gasteiger partial charge in [0, 0.05) is 12.6 Å². The maximum atomic E-state index is 9.23. The van der Waals surface area contributed by atoms with Gasteiger partial charge >= 0.3 is 0 Å². The second kappa shape index (κ2) is 8.62. The first-order chi connectivity index (χ1) is 7.86. The maximum Gasteiger partial charge on any atom is 0.0585 e. The van der Waals surface area contributed by atoms with Crippen LogP contribution in [0.2, 0.25) is 0 Å². The van der Waals surface area contributed by atoms with Crippen LogP contribution >= 0.6 is 11.8 Å². The van der Waals surface area contributed by atoms with Crippen LogP contribution in [0.3, 0.4) is 0 Å². The molecule has 16 heavy (non-hydrogen) atoms. The van der Waals surface area contributed by atoms with Gasteiger partial charge in [-0.05, 0) is 23.5 Å². The van der Waals surface area contributed by atoms with Crippen LogP contribution in [0.1, 0.15) is 18.9 Å². The second-order valence-corrected chi connectivity index (χ2v) is 5.13. The van der Waals surface area contributed by atoms with Gasteiger partial charge in [0.15, 0.2) is 0 Å². The Morgan fingerprint density at radius 3 is 2.69 bits per heavy atom. The number of thioether (sulfide) groups is 1. The van der Waals surface area contributed by atoms with Crippen molar-refractivity contribution in [1.29, 1.82) is 0 Å². The van der Waals surface area contributed by atoms with Gasteiger partial charge in [-0.1, -0.05) is 37.3 Å². The molecule has 0 heterocycles. The Kier molecular flexibility index (Phi) is 7.30. The molecular weight excluding hydrogens is 218 g/mol. The van der Waals surface area contributed by atoms with Crippen molar-refractivity contribution in [2.24, 2.45) is 0 Å². The third-order valence-electron chi connectivity index (χ3n) is 2.47. The number of nitrogens with one attached hydrogen (secondary N) is 1. The number of aliphatic hydroxyl groups is 1. The summed E-state index contributed by atoms with van der Waals surface area (Å²) < 4.78 is 0. The van der Waals surface area contributed by atoms with Crippen molar-refractivity contribution in [3.63, 3.8) is 0 Å². The average molecular weight is 239 g/mol. The van der Waals surface area contributed by atoms with Gasteiger partial charge in [-0.2, -0.15) is 11.8 Å². The molecule has 1 aromatic rings. The van der Waals surface area contributed by atoms with Crippen molar-refractivity contribution in [1.82, 2.24) is 5.32 Å². The van der Waals surface area contributed by atoms with Crippen LogP contribution < -0.4 is 5.32 Å². The molecule has 3 heteroatoms. The molecule has 90 valence electrons. The zero-order chi connectivity index (χ0) is 11.6. The van der Waals surface area contributed by atoms with Gasteiger partial charge in [0.05, 0.1) is 6.61 Å². The maximum absolute atomic E-state index is 9.23. The standard InChI is InChI=1S/C13H21NOS/c1-2-16-9-8-13(11-15)14-10-12-6-4-3-5-7-12/h3-7,13-15H,2,8-11H2,1H3. The third-order valence-corrected chi connectivity index (χ3v) is 3.41. The highest BCUT2D eigenvalue weighted by atomic mass is 32.2. The van der Waals surface area contributed by atoms with E-state index in [1.165, 1.54) is 5.56 Å². The summed E-state index contributed by atoms with van der Waals surface area (Å²) in [6.45, 7) is 3.22. The third kappa shape index (κ3) is 5.54. The van der Waals surface area contributed by atoms with Crippen LogP contribution in [0.4, 0.5) is 0 Å². The van der Waals surface area contributed by atoms with E-state index in [1.807, 2.05) is 30.0 Å². The van der Waals surface area contributed by atoms with Gasteiger partial charge in [-0.15, -0.1) is 0 Å². The molecular formula is C13H21NOS. The van der Waals surface area contributed by atoms with E-state index in [0.29, 0.717) is 0 Å². The molecule has 2 nitrogen and oxygen atoms in total. The molecule has 0 aliphatic rings. The van der Waals surface area contributed by atoms with E-state index in [-0.39, 0.29) is 12.6 Å². The van der Waals surface area contributed by atoms with Gasteiger partial charge in [0.25, 0.3) is 0 Å². The molecule has 0 spiro atoms. The van der Waals surface area contributed by atoms with Crippen LogP contribution in [-0.4, -0.2) is 29.3 Å². The highest BCUT2D eigenvalue weighted by Gasteiger charge is 2.05. The fourth-order valence-corrected chi connectivity index (χ4v) is 2.23. The molecule has 0 fully saturated rings. The first kappa shape index (κ1) is 13.6. The summed E-state index contributed by atoms with van der Waals surface area (Å²) in [5.74, 6) is 2.26. The molecule has 2 N–H and O–H groups in total. The number of hydrogen-bond donors (Lipinski definition) is 2. The lowest BCUT2D eigenvalue weighted by Crippen LogP contribution is -2.32. The smallest absolute Gasteiger partial charge is 0.0585 e. The molecule has 0 aromatic heterocycles. The number of aliphatic hydroxyl groups excluding tert-OH is 1. The molecule has 0 radical (unpaired) electrons. The van der Waals surface area contributed by atoms with Crippen LogP contribution in [0.5, 0.6) is 0 Å². The summed E-state index contributed by atoms with van der Waals surface area (Å²) in [5.41, 5.74) is 1.27. The first-order valence-corrected chi connectivity index (χ1v) is 6.98. The van der Waals surface area contributed by atoms with Crippen molar-refractivity contribution < 1.29 is 5.11 Å². The fraction of sp³-hybridized carbons (Fsp3) is 0.538. The highest BCUT2D eigenvalue weighted by molar-refractivity contribution is 7.99. The molecule has 0 saturated carbocycles. The second-order valence-electron chi connectivity index (χ2n) is 3.73. The van der Waals surface area contributed by atoms with Gasteiger partial charge < -0.3 is 10.4 Å². The van der Waals surface area contributed by atoms with E-state index in [0.717, 1.165) is 24.5 Å². The lowest BCUT2D eigenvalue weighted by molar-refractivity contribution is 0.239. The molecule has 0 saturated heterocycles.